The first-order chi connectivity index (χ1) is 6.31. The van der Waals surface area contributed by atoms with Crippen molar-refractivity contribution in [2.45, 2.75) is 62.8 Å². The molecular formula is C10H28OSi4. The van der Waals surface area contributed by atoms with Gasteiger partial charge in [0.1, 0.15) is 0 Å². The third kappa shape index (κ3) is 2.57. The van der Waals surface area contributed by atoms with Crippen molar-refractivity contribution in [3.05, 3.63) is 0 Å². The lowest BCUT2D eigenvalue weighted by Crippen LogP contribution is -2.68. The molecule has 1 N–H and O–H groups in total. The zero-order valence-electron chi connectivity index (χ0n) is 11.9. The van der Waals surface area contributed by atoms with E-state index >= 15 is 0 Å². The maximum atomic E-state index is 10.1. The summed E-state index contributed by atoms with van der Waals surface area (Å²) in [7, 11) is -3.81. The van der Waals surface area contributed by atoms with Crippen LogP contribution in [0.4, 0.5) is 0 Å². The largest absolute Gasteiger partial charge is 0.432 e. The highest BCUT2D eigenvalue weighted by molar-refractivity contribution is 7.22. The van der Waals surface area contributed by atoms with Crippen molar-refractivity contribution >= 4 is 34.0 Å². The molecule has 90 valence electrons. The fourth-order valence-corrected chi connectivity index (χ4v) is 34.9. The van der Waals surface area contributed by atoms with E-state index in [1.165, 1.54) is 0 Å². The summed E-state index contributed by atoms with van der Waals surface area (Å²) in [5.41, 5.74) is 0. The van der Waals surface area contributed by atoms with E-state index in [2.05, 4.69) is 58.9 Å². The van der Waals surface area contributed by atoms with Gasteiger partial charge in [-0.3, -0.25) is 0 Å². The third-order valence-electron chi connectivity index (χ3n) is 3.54. The zero-order valence-corrected chi connectivity index (χ0v) is 15.9. The number of hydrogen-bond donors (Lipinski definition) is 1. The summed E-state index contributed by atoms with van der Waals surface area (Å²) in [4.78, 5) is 10.1. The minimum atomic E-state index is -1.32. The molecule has 0 fully saturated rings. The van der Waals surface area contributed by atoms with E-state index in [4.69, 9.17) is 0 Å². The Kier molecular flexibility index (Phi) is 4.48. The topological polar surface area (TPSA) is 20.2 Å². The molecule has 0 atom stereocenters. The van der Waals surface area contributed by atoms with E-state index in [1.54, 1.807) is 0 Å². The first-order valence-electron chi connectivity index (χ1n) is 5.72. The van der Waals surface area contributed by atoms with Gasteiger partial charge in [-0.1, -0.05) is 58.9 Å². The monoisotopic (exact) mass is 276 g/mol. The van der Waals surface area contributed by atoms with Crippen molar-refractivity contribution < 1.29 is 4.80 Å². The third-order valence-corrected chi connectivity index (χ3v) is 31.9. The summed E-state index contributed by atoms with van der Waals surface area (Å²) < 4.78 is 0.354. The second-order valence-electron chi connectivity index (χ2n) is 7.61. The summed E-state index contributed by atoms with van der Waals surface area (Å²) >= 11 is 0. The Balaban J connectivity index is 5.78. The highest BCUT2D eigenvalue weighted by Gasteiger charge is 2.60. The van der Waals surface area contributed by atoms with Crippen molar-refractivity contribution in [2.75, 3.05) is 0 Å². The summed E-state index contributed by atoms with van der Waals surface area (Å²) in [5, 5.41) is 0. The van der Waals surface area contributed by atoms with Crippen molar-refractivity contribution in [1.82, 2.24) is 0 Å². The molecule has 0 unspecified atom stereocenters. The van der Waals surface area contributed by atoms with E-state index in [0.717, 1.165) is 0 Å². The Labute approximate surface area is 102 Å². The van der Waals surface area contributed by atoms with Gasteiger partial charge in [0.25, 0.3) is 0 Å². The fourth-order valence-electron chi connectivity index (χ4n) is 3.88. The van der Waals surface area contributed by atoms with Gasteiger partial charge in [-0.2, -0.15) is 0 Å². The fraction of sp³-hybridized carbons (Fsp3) is 1.00. The van der Waals surface area contributed by atoms with Gasteiger partial charge in [-0.25, -0.2) is 0 Å². The molecule has 0 rings (SSSR count). The molecule has 0 saturated carbocycles. The molecule has 0 amide bonds. The molecule has 0 aliphatic carbocycles. The number of rotatable bonds is 4. The van der Waals surface area contributed by atoms with Crippen LogP contribution in [0.25, 0.3) is 0 Å². The molecule has 0 heterocycles. The second-order valence-corrected chi connectivity index (χ2v) is 27.3. The maximum Gasteiger partial charge on any atom is 0.222 e. The highest BCUT2D eigenvalue weighted by Crippen LogP contribution is 2.52. The lowest BCUT2D eigenvalue weighted by molar-refractivity contribution is 0.596. The van der Waals surface area contributed by atoms with Crippen LogP contribution >= 0.6 is 0 Å². The Morgan fingerprint density at radius 1 is 0.667 bits per heavy atom. The average molecular weight is 277 g/mol. The van der Waals surface area contributed by atoms with Gasteiger partial charge in [0.05, 0.1) is 0 Å². The van der Waals surface area contributed by atoms with Crippen LogP contribution in [0, 0.1) is 0 Å². The molecule has 1 nitrogen and oxygen atoms in total. The minimum absolute atomic E-state index is 0.159. The van der Waals surface area contributed by atoms with Gasteiger partial charge in [0.15, 0.2) is 0 Å². The first kappa shape index (κ1) is 15.8. The van der Waals surface area contributed by atoms with E-state index in [9.17, 15) is 4.80 Å². The molecule has 0 saturated heterocycles. The van der Waals surface area contributed by atoms with Crippen LogP contribution < -0.4 is 0 Å². The standard InChI is InChI=1S/C10H28OSi4/c1-13(2,3)10(12-11,14(4,5)6)15(7,8)9/h11H,1-9H3. The van der Waals surface area contributed by atoms with E-state index in [1.807, 2.05) is 0 Å². The van der Waals surface area contributed by atoms with E-state index in [-0.39, 0.29) is 9.76 Å². The predicted octanol–water partition coefficient (Wildman–Crippen LogP) is 3.39. The molecule has 5 heteroatoms. The summed E-state index contributed by atoms with van der Waals surface area (Å²) in [6, 6.07) is 0. The first-order valence-corrected chi connectivity index (χ1v) is 17.2. The number of hydrogen-bond acceptors (Lipinski definition) is 1. The van der Waals surface area contributed by atoms with Crippen LogP contribution in [0.5, 0.6) is 0 Å². The predicted molar refractivity (Wildman–Crippen MR) is 80.7 cm³/mol. The van der Waals surface area contributed by atoms with Gasteiger partial charge >= 0.3 is 0 Å². The van der Waals surface area contributed by atoms with Crippen molar-refractivity contribution in [3.63, 3.8) is 0 Å². The summed E-state index contributed by atoms with van der Waals surface area (Å²) in [6.07, 6.45) is 0. The highest BCUT2D eigenvalue weighted by atomic mass is 28.5. The zero-order chi connectivity index (χ0) is 12.7. The van der Waals surface area contributed by atoms with Crippen molar-refractivity contribution in [1.29, 1.82) is 0 Å². The Morgan fingerprint density at radius 3 is 0.867 bits per heavy atom. The van der Waals surface area contributed by atoms with Crippen molar-refractivity contribution in [2.24, 2.45) is 0 Å². The van der Waals surface area contributed by atoms with Crippen LogP contribution in [0.3, 0.4) is 0 Å². The molecule has 15 heavy (non-hydrogen) atoms. The van der Waals surface area contributed by atoms with Gasteiger partial charge in [0, 0.05) is 24.2 Å². The van der Waals surface area contributed by atoms with Crippen molar-refractivity contribution in [3.8, 4) is 0 Å². The quantitative estimate of drug-likeness (QED) is 0.781. The van der Waals surface area contributed by atoms with Gasteiger partial charge in [-0.05, 0) is 3.91 Å². The second kappa shape index (κ2) is 4.25. The SMILES string of the molecule is C[Si](C)(C)C([Si]O)([Si](C)(C)C)[Si](C)(C)C. The molecular weight excluding hydrogens is 248 g/mol. The Hall–Kier alpha value is 0.828. The van der Waals surface area contributed by atoms with Gasteiger partial charge in [0.2, 0.25) is 9.76 Å². The van der Waals surface area contributed by atoms with Crippen LogP contribution in [-0.2, 0) is 0 Å². The molecule has 0 aromatic rings. The van der Waals surface area contributed by atoms with Crippen LogP contribution in [0.2, 0.25) is 62.8 Å². The minimum Gasteiger partial charge on any atom is -0.432 e. The smallest absolute Gasteiger partial charge is 0.222 e. The normalized spacial score (nSPS) is 15.6. The Bertz CT molecular complexity index is 183. The Morgan fingerprint density at radius 2 is 0.867 bits per heavy atom. The summed E-state index contributed by atoms with van der Waals surface area (Å²) in [5.74, 6) is 0. The van der Waals surface area contributed by atoms with Gasteiger partial charge < -0.3 is 4.80 Å². The van der Waals surface area contributed by atoms with Crippen LogP contribution in [0.1, 0.15) is 0 Å². The molecule has 0 spiro atoms. The molecule has 0 aliphatic rings. The molecule has 0 aromatic heterocycles. The van der Waals surface area contributed by atoms with E-state index < -0.39 is 24.2 Å². The average Bonchev–Trinajstić information content (AvgIpc) is 1.76. The molecule has 0 aromatic carbocycles. The summed E-state index contributed by atoms with van der Waals surface area (Å²) in [6.45, 7) is 22.1. The lowest BCUT2D eigenvalue weighted by Gasteiger charge is -2.57. The lowest BCUT2D eigenvalue weighted by atomic mass is 11.6. The van der Waals surface area contributed by atoms with Gasteiger partial charge in [-0.15, -0.1) is 0 Å². The van der Waals surface area contributed by atoms with Crippen LogP contribution in [0.15, 0.2) is 0 Å². The molecule has 2 radical (unpaired) electrons. The molecule has 0 aliphatic heterocycles. The maximum absolute atomic E-state index is 10.1. The van der Waals surface area contributed by atoms with E-state index in [0.29, 0.717) is 3.91 Å². The molecule has 0 bridgehead atoms. The van der Waals surface area contributed by atoms with Crippen LogP contribution in [-0.4, -0.2) is 38.8 Å².